The molecule has 2 nitrogen and oxygen atoms in total. The summed E-state index contributed by atoms with van der Waals surface area (Å²) in [6, 6.07) is 0.431. The summed E-state index contributed by atoms with van der Waals surface area (Å²) in [5.74, 6) is 0.956. The third-order valence-electron chi connectivity index (χ3n) is 3.42. The first kappa shape index (κ1) is 12.0. The highest BCUT2D eigenvalue weighted by Crippen LogP contribution is 2.19. The SMILES string of the molecule is CCCC(N)CCN1CCC(CC)C1. The highest BCUT2D eigenvalue weighted by Gasteiger charge is 2.20. The molecule has 1 fully saturated rings. The second-order valence-electron chi connectivity index (χ2n) is 4.70. The molecule has 2 unspecified atom stereocenters. The Morgan fingerprint density at radius 1 is 1.36 bits per heavy atom. The van der Waals surface area contributed by atoms with Crippen LogP contribution in [0.25, 0.3) is 0 Å². The number of hydrogen-bond acceptors (Lipinski definition) is 2. The van der Waals surface area contributed by atoms with Crippen molar-refractivity contribution in [3.63, 3.8) is 0 Å². The first-order valence-electron chi connectivity index (χ1n) is 6.24. The van der Waals surface area contributed by atoms with Gasteiger partial charge in [0.15, 0.2) is 0 Å². The number of nitrogens with two attached hydrogens (primary N) is 1. The van der Waals surface area contributed by atoms with Crippen LogP contribution in [0.2, 0.25) is 0 Å². The lowest BCUT2D eigenvalue weighted by Crippen LogP contribution is -2.29. The molecule has 0 radical (unpaired) electrons. The van der Waals surface area contributed by atoms with Gasteiger partial charge in [-0.1, -0.05) is 26.7 Å². The number of nitrogens with zero attached hydrogens (tertiary/aromatic N) is 1. The average molecular weight is 198 g/mol. The van der Waals surface area contributed by atoms with Crippen molar-refractivity contribution in [2.75, 3.05) is 19.6 Å². The minimum atomic E-state index is 0.431. The summed E-state index contributed by atoms with van der Waals surface area (Å²) in [5, 5.41) is 0. The smallest absolute Gasteiger partial charge is 0.00509 e. The van der Waals surface area contributed by atoms with E-state index in [2.05, 4.69) is 18.7 Å². The Labute approximate surface area is 88.8 Å². The second kappa shape index (κ2) is 6.41. The van der Waals surface area contributed by atoms with Crippen LogP contribution >= 0.6 is 0 Å². The Kier molecular flexibility index (Phi) is 5.49. The zero-order chi connectivity index (χ0) is 10.4. The van der Waals surface area contributed by atoms with Gasteiger partial charge in [-0.25, -0.2) is 0 Å². The Hall–Kier alpha value is -0.0800. The van der Waals surface area contributed by atoms with Gasteiger partial charge in [-0.2, -0.15) is 0 Å². The Morgan fingerprint density at radius 2 is 2.14 bits per heavy atom. The number of hydrogen-bond donors (Lipinski definition) is 1. The van der Waals surface area contributed by atoms with Gasteiger partial charge in [0.05, 0.1) is 0 Å². The fourth-order valence-corrected chi connectivity index (χ4v) is 2.31. The van der Waals surface area contributed by atoms with Crippen LogP contribution in [0, 0.1) is 5.92 Å². The molecular weight excluding hydrogens is 172 g/mol. The summed E-state index contributed by atoms with van der Waals surface area (Å²) in [7, 11) is 0. The zero-order valence-electron chi connectivity index (χ0n) is 9.84. The molecule has 0 aromatic carbocycles. The van der Waals surface area contributed by atoms with E-state index in [0.717, 1.165) is 5.92 Å². The van der Waals surface area contributed by atoms with Gasteiger partial charge in [0.25, 0.3) is 0 Å². The van der Waals surface area contributed by atoms with E-state index in [1.165, 1.54) is 51.7 Å². The lowest BCUT2D eigenvalue weighted by Gasteiger charge is -2.18. The summed E-state index contributed by atoms with van der Waals surface area (Å²) in [4.78, 5) is 2.59. The highest BCUT2D eigenvalue weighted by molar-refractivity contribution is 4.75. The van der Waals surface area contributed by atoms with E-state index in [-0.39, 0.29) is 0 Å². The van der Waals surface area contributed by atoms with E-state index in [4.69, 9.17) is 5.73 Å². The van der Waals surface area contributed by atoms with Crippen LogP contribution in [-0.4, -0.2) is 30.6 Å². The number of likely N-dealkylation sites (tertiary alicyclic amines) is 1. The minimum absolute atomic E-state index is 0.431. The third kappa shape index (κ3) is 3.97. The van der Waals surface area contributed by atoms with Gasteiger partial charge in [0, 0.05) is 12.6 Å². The molecule has 0 spiro atoms. The van der Waals surface area contributed by atoms with Gasteiger partial charge in [-0.05, 0) is 38.3 Å². The Bertz CT molecular complexity index is 147. The van der Waals surface area contributed by atoms with Crippen molar-refractivity contribution in [2.45, 2.75) is 52.0 Å². The van der Waals surface area contributed by atoms with E-state index in [0.29, 0.717) is 6.04 Å². The van der Waals surface area contributed by atoms with Gasteiger partial charge in [-0.15, -0.1) is 0 Å². The molecule has 1 saturated heterocycles. The fraction of sp³-hybridized carbons (Fsp3) is 1.00. The van der Waals surface area contributed by atoms with E-state index < -0.39 is 0 Å². The molecule has 0 aromatic rings. The molecule has 1 heterocycles. The first-order valence-corrected chi connectivity index (χ1v) is 6.24. The van der Waals surface area contributed by atoms with Crippen LogP contribution in [0.1, 0.15) is 46.0 Å². The largest absolute Gasteiger partial charge is 0.328 e. The van der Waals surface area contributed by atoms with Crippen LogP contribution in [0.15, 0.2) is 0 Å². The predicted molar refractivity (Wildman–Crippen MR) is 62.3 cm³/mol. The van der Waals surface area contributed by atoms with Crippen molar-refractivity contribution in [1.29, 1.82) is 0 Å². The number of rotatable bonds is 6. The van der Waals surface area contributed by atoms with Crippen molar-refractivity contribution < 1.29 is 0 Å². The van der Waals surface area contributed by atoms with Gasteiger partial charge < -0.3 is 10.6 Å². The molecule has 0 amide bonds. The molecule has 0 bridgehead atoms. The molecular formula is C12H26N2. The predicted octanol–water partition coefficient (Wildman–Crippen LogP) is 2.24. The van der Waals surface area contributed by atoms with Crippen LogP contribution < -0.4 is 5.73 Å². The summed E-state index contributed by atoms with van der Waals surface area (Å²) in [6.07, 6.45) is 6.34. The highest BCUT2D eigenvalue weighted by atomic mass is 15.1. The summed E-state index contributed by atoms with van der Waals surface area (Å²) in [6.45, 7) is 8.35. The second-order valence-corrected chi connectivity index (χ2v) is 4.70. The van der Waals surface area contributed by atoms with E-state index >= 15 is 0 Å². The Morgan fingerprint density at radius 3 is 2.71 bits per heavy atom. The summed E-state index contributed by atoms with van der Waals surface area (Å²) >= 11 is 0. The Balaban J connectivity index is 2.07. The molecule has 84 valence electrons. The van der Waals surface area contributed by atoms with Crippen molar-refractivity contribution in [3.8, 4) is 0 Å². The summed E-state index contributed by atoms with van der Waals surface area (Å²) in [5.41, 5.74) is 6.00. The standard InChI is InChI=1S/C12H26N2/c1-3-5-12(13)7-9-14-8-6-11(4-2)10-14/h11-12H,3-10,13H2,1-2H3. The quantitative estimate of drug-likeness (QED) is 0.709. The van der Waals surface area contributed by atoms with Gasteiger partial charge in [-0.3, -0.25) is 0 Å². The monoisotopic (exact) mass is 198 g/mol. The summed E-state index contributed by atoms with van der Waals surface area (Å²) < 4.78 is 0. The van der Waals surface area contributed by atoms with Gasteiger partial charge in [0.1, 0.15) is 0 Å². The molecule has 0 aliphatic carbocycles. The lowest BCUT2D eigenvalue weighted by molar-refractivity contribution is 0.304. The van der Waals surface area contributed by atoms with Crippen molar-refractivity contribution >= 4 is 0 Å². The topological polar surface area (TPSA) is 29.3 Å². The van der Waals surface area contributed by atoms with Crippen molar-refractivity contribution in [3.05, 3.63) is 0 Å². The van der Waals surface area contributed by atoms with Gasteiger partial charge in [0.2, 0.25) is 0 Å². The normalized spacial score (nSPS) is 25.5. The molecule has 2 N–H and O–H groups in total. The van der Waals surface area contributed by atoms with Crippen LogP contribution in [-0.2, 0) is 0 Å². The fourth-order valence-electron chi connectivity index (χ4n) is 2.31. The van der Waals surface area contributed by atoms with E-state index in [1.54, 1.807) is 0 Å². The third-order valence-corrected chi connectivity index (χ3v) is 3.42. The van der Waals surface area contributed by atoms with Crippen LogP contribution in [0.3, 0.4) is 0 Å². The minimum Gasteiger partial charge on any atom is -0.328 e. The maximum Gasteiger partial charge on any atom is 0.00509 e. The molecule has 1 rings (SSSR count). The maximum atomic E-state index is 6.00. The average Bonchev–Trinajstić information content (AvgIpc) is 2.63. The first-order chi connectivity index (χ1) is 6.76. The van der Waals surface area contributed by atoms with Crippen LogP contribution in [0.5, 0.6) is 0 Å². The molecule has 2 heteroatoms. The van der Waals surface area contributed by atoms with Crippen molar-refractivity contribution in [2.24, 2.45) is 11.7 Å². The van der Waals surface area contributed by atoms with E-state index in [1.807, 2.05) is 0 Å². The van der Waals surface area contributed by atoms with E-state index in [9.17, 15) is 0 Å². The molecule has 0 aromatic heterocycles. The maximum absolute atomic E-state index is 6.00. The van der Waals surface area contributed by atoms with Gasteiger partial charge >= 0.3 is 0 Å². The molecule has 14 heavy (non-hydrogen) atoms. The molecule has 1 aliphatic rings. The zero-order valence-corrected chi connectivity index (χ0v) is 9.84. The lowest BCUT2D eigenvalue weighted by atomic mass is 10.1. The van der Waals surface area contributed by atoms with Crippen LogP contribution in [0.4, 0.5) is 0 Å². The molecule has 0 saturated carbocycles. The van der Waals surface area contributed by atoms with Crippen molar-refractivity contribution in [1.82, 2.24) is 4.90 Å². The molecule has 1 aliphatic heterocycles. The molecule has 2 atom stereocenters.